The molecular formula is C19H27ClFN3O4. The fourth-order valence-corrected chi connectivity index (χ4v) is 2.93. The predicted octanol–water partition coefficient (Wildman–Crippen LogP) is 3.79. The van der Waals surface area contributed by atoms with Gasteiger partial charge in [0.15, 0.2) is 11.0 Å². The Kier molecular flexibility index (Phi) is 7.09. The van der Waals surface area contributed by atoms with Crippen LogP contribution < -0.4 is 10.1 Å². The Morgan fingerprint density at radius 2 is 2.18 bits per heavy atom. The second-order valence-corrected chi connectivity index (χ2v) is 8.13. The standard InChI is InChI=1S/C19H27ClFN3O4/c1-6-12-10-22-16(25)13-9-14(21)15(20)23-17(13)27-11(2)7-8-24(12)18(26)28-19(3,4)5/h9,11-12H,6-8,10H2,1-5H3,(H,22,25)/t11-,12?/m0/s1. The minimum absolute atomic E-state index is 0.0323. The van der Waals surface area contributed by atoms with Crippen molar-refractivity contribution >= 4 is 23.6 Å². The zero-order chi connectivity index (χ0) is 21.1. The Hall–Kier alpha value is -2.09. The topological polar surface area (TPSA) is 80.8 Å². The number of ether oxygens (including phenoxy) is 2. The van der Waals surface area contributed by atoms with Gasteiger partial charge in [0.05, 0.1) is 12.1 Å². The van der Waals surface area contributed by atoms with Crippen LogP contribution in [0.3, 0.4) is 0 Å². The van der Waals surface area contributed by atoms with Gasteiger partial charge in [0.2, 0.25) is 5.88 Å². The van der Waals surface area contributed by atoms with E-state index in [1.807, 2.05) is 6.92 Å². The molecule has 1 aliphatic heterocycles. The lowest BCUT2D eigenvalue weighted by Crippen LogP contribution is -2.49. The molecule has 0 aromatic carbocycles. The lowest BCUT2D eigenvalue weighted by molar-refractivity contribution is 0.0133. The Bertz CT molecular complexity index is 739. The molecule has 28 heavy (non-hydrogen) atoms. The first-order chi connectivity index (χ1) is 13.0. The summed E-state index contributed by atoms with van der Waals surface area (Å²) in [6.07, 6.45) is 0.237. The average Bonchev–Trinajstić information content (AvgIpc) is 2.60. The molecule has 7 nitrogen and oxygen atoms in total. The van der Waals surface area contributed by atoms with Crippen LogP contribution in [0.15, 0.2) is 6.07 Å². The van der Waals surface area contributed by atoms with Crippen LogP contribution in [0.4, 0.5) is 9.18 Å². The molecule has 1 aliphatic rings. The fourth-order valence-electron chi connectivity index (χ4n) is 2.80. The molecule has 1 unspecified atom stereocenters. The van der Waals surface area contributed by atoms with Crippen LogP contribution in [-0.4, -0.2) is 52.7 Å². The number of rotatable bonds is 1. The van der Waals surface area contributed by atoms with Gasteiger partial charge in [0.25, 0.3) is 5.91 Å². The van der Waals surface area contributed by atoms with E-state index in [9.17, 15) is 14.0 Å². The third-order valence-corrected chi connectivity index (χ3v) is 4.54. The molecule has 0 aliphatic carbocycles. The first-order valence-electron chi connectivity index (χ1n) is 9.32. The van der Waals surface area contributed by atoms with E-state index in [2.05, 4.69) is 10.3 Å². The molecule has 9 heteroatoms. The summed E-state index contributed by atoms with van der Waals surface area (Å²) in [6, 6.07) is 0.731. The fraction of sp³-hybridized carbons (Fsp3) is 0.632. The highest BCUT2D eigenvalue weighted by atomic mass is 35.5. The summed E-state index contributed by atoms with van der Waals surface area (Å²) in [5, 5.41) is 2.36. The zero-order valence-corrected chi connectivity index (χ0v) is 17.6. The summed E-state index contributed by atoms with van der Waals surface area (Å²) < 4.78 is 25.1. The van der Waals surface area contributed by atoms with Crippen molar-refractivity contribution < 1.29 is 23.5 Å². The van der Waals surface area contributed by atoms with Crippen molar-refractivity contribution in [1.29, 1.82) is 0 Å². The van der Waals surface area contributed by atoms with Crippen molar-refractivity contribution in [3.8, 4) is 5.88 Å². The van der Waals surface area contributed by atoms with Crippen molar-refractivity contribution in [3.05, 3.63) is 22.6 Å². The molecule has 0 fully saturated rings. The van der Waals surface area contributed by atoms with Crippen molar-refractivity contribution in [2.24, 2.45) is 0 Å². The molecule has 1 aromatic rings. The molecule has 2 heterocycles. The molecule has 156 valence electrons. The SMILES string of the molecule is CCC1CNC(=O)c2cc(F)c(Cl)nc2O[C@@H](C)CCN1C(=O)OC(C)(C)C. The van der Waals surface area contributed by atoms with Crippen molar-refractivity contribution in [1.82, 2.24) is 15.2 Å². The van der Waals surface area contributed by atoms with Crippen LogP contribution in [0.5, 0.6) is 5.88 Å². The van der Waals surface area contributed by atoms with Crippen molar-refractivity contribution in [3.63, 3.8) is 0 Å². The maximum Gasteiger partial charge on any atom is 0.410 e. The number of aromatic nitrogens is 1. The second-order valence-electron chi connectivity index (χ2n) is 7.78. The van der Waals surface area contributed by atoms with Gasteiger partial charge < -0.3 is 19.7 Å². The van der Waals surface area contributed by atoms with Gasteiger partial charge in [-0.3, -0.25) is 4.79 Å². The van der Waals surface area contributed by atoms with Gasteiger partial charge in [-0.25, -0.2) is 9.18 Å². The maximum atomic E-state index is 13.8. The molecule has 2 atom stereocenters. The third-order valence-electron chi connectivity index (χ3n) is 4.27. The number of halogens is 2. The summed E-state index contributed by atoms with van der Waals surface area (Å²) in [5.41, 5.74) is -0.671. The molecule has 2 amide bonds. The normalized spacial score (nSPS) is 21.1. The van der Waals surface area contributed by atoms with Gasteiger partial charge >= 0.3 is 6.09 Å². The highest BCUT2D eigenvalue weighted by Crippen LogP contribution is 2.25. The summed E-state index contributed by atoms with van der Waals surface area (Å²) >= 11 is 5.75. The Morgan fingerprint density at radius 1 is 1.50 bits per heavy atom. The highest BCUT2D eigenvalue weighted by Gasteiger charge is 2.30. The largest absolute Gasteiger partial charge is 0.474 e. The lowest BCUT2D eigenvalue weighted by Gasteiger charge is -2.33. The Labute approximate surface area is 169 Å². The van der Waals surface area contributed by atoms with E-state index < -0.39 is 23.4 Å². The van der Waals surface area contributed by atoms with Crippen molar-refractivity contribution in [2.45, 2.75) is 65.2 Å². The summed E-state index contributed by atoms with van der Waals surface area (Å²) in [5.74, 6) is -1.38. The van der Waals surface area contributed by atoms with Gasteiger partial charge in [-0.1, -0.05) is 18.5 Å². The van der Waals surface area contributed by atoms with Crippen LogP contribution in [-0.2, 0) is 4.74 Å². The van der Waals surface area contributed by atoms with Gasteiger partial charge in [-0.15, -0.1) is 0 Å². The molecule has 1 aromatic heterocycles. The second kappa shape index (κ2) is 8.94. The molecule has 0 radical (unpaired) electrons. The quantitative estimate of drug-likeness (QED) is 0.706. The monoisotopic (exact) mass is 415 g/mol. The minimum atomic E-state index is -0.802. The number of hydrogen-bond donors (Lipinski definition) is 1. The first kappa shape index (κ1) is 22.2. The Balaban J connectivity index is 2.32. The summed E-state index contributed by atoms with van der Waals surface area (Å²) in [4.78, 5) is 30.8. The number of hydrogen-bond acceptors (Lipinski definition) is 5. The lowest BCUT2D eigenvalue weighted by atomic mass is 10.1. The zero-order valence-electron chi connectivity index (χ0n) is 16.8. The number of pyridine rings is 1. The number of carbonyl (C=O) groups excluding carboxylic acids is 2. The molecule has 1 N–H and O–H groups in total. The predicted molar refractivity (Wildman–Crippen MR) is 103 cm³/mol. The van der Waals surface area contributed by atoms with Crippen LogP contribution >= 0.6 is 11.6 Å². The highest BCUT2D eigenvalue weighted by molar-refractivity contribution is 6.29. The molecule has 0 saturated heterocycles. The smallest absolute Gasteiger partial charge is 0.410 e. The first-order valence-corrected chi connectivity index (χ1v) is 9.70. The van der Waals surface area contributed by atoms with E-state index >= 15 is 0 Å². The molecular weight excluding hydrogens is 389 g/mol. The number of amides is 2. The van der Waals surface area contributed by atoms with Gasteiger partial charge in [0.1, 0.15) is 11.2 Å². The van der Waals surface area contributed by atoms with E-state index in [0.717, 1.165) is 6.07 Å². The van der Waals surface area contributed by atoms with Crippen LogP contribution in [0.2, 0.25) is 5.15 Å². The van der Waals surface area contributed by atoms with Gasteiger partial charge in [0, 0.05) is 19.5 Å². The van der Waals surface area contributed by atoms with Gasteiger partial charge in [-0.05, 0) is 40.2 Å². The van der Waals surface area contributed by atoms with E-state index in [4.69, 9.17) is 21.1 Å². The number of nitrogens with one attached hydrogen (secondary N) is 1. The molecule has 0 spiro atoms. The van der Waals surface area contributed by atoms with E-state index in [-0.39, 0.29) is 35.3 Å². The van der Waals surface area contributed by atoms with Crippen LogP contribution in [0, 0.1) is 5.82 Å². The van der Waals surface area contributed by atoms with Crippen molar-refractivity contribution in [2.75, 3.05) is 13.1 Å². The average molecular weight is 416 g/mol. The Morgan fingerprint density at radius 3 is 2.79 bits per heavy atom. The van der Waals surface area contributed by atoms with Crippen LogP contribution in [0.1, 0.15) is 57.8 Å². The van der Waals surface area contributed by atoms with E-state index in [1.165, 1.54) is 0 Å². The van der Waals surface area contributed by atoms with E-state index in [1.54, 1.807) is 32.6 Å². The minimum Gasteiger partial charge on any atom is -0.474 e. The molecule has 2 rings (SSSR count). The number of nitrogens with zero attached hydrogens (tertiary/aromatic N) is 2. The summed E-state index contributed by atoms with van der Waals surface area (Å²) in [6.45, 7) is 9.65. The third kappa shape index (κ3) is 5.70. The summed E-state index contributed by atoms with van der Waals surface area (Å²) in [7, 11) is 0. The molecule has 0 saturated carbocycles. The van der Waals surface area contributed by atoms with Gasteiger partial charge in [-0.2, -0.15) is 4.98 Å². The van der Waals surface area contributed by atoms with E-state index in [0.29, 0.717) is 19.4 Å². The van der Waals surface area contributed by atoms with Crippen LogP contribution in [0.25, 0.3) is 0 Å². The maximum absolute atomic E-state index is 13.8. The molecule has 0 bridgehead atoms. The number of fused-ring (bicyclic) bond motifs is 1. The number of carbonyl (C=O) groups is 2.